The Kier molecular flexibility index (Phi) is 2.88. The van der Waals surface area contributed by atoms with Gasteiger partial charge in [0, 0.05) is 0 Å². The van der Waals surface area contributed by atoms with Gasteiger partial charge in [-0.1, -0.05) is 78.9 Å². The Labute approximate surface area is 169 Å². The lowest BCUT2D eigenvalue weighted by Gasteiger charge is -2.11. The van der Waals surface area contributed by atoms with Crippen molar-refractivity contribution in [3.05, 3.63) is 102 Å². The molecule has 0 radical (unpaired) electrons. The molecule has 2 aliphatic rings. The SMILES string of the molecule is C1=CCc2cc3c(cc2C=C1)-c1cccc2c1c-3cc1c3ccccc3ccc21. The molecule has 7 rings (SSSR count). The Hall–Kier alpha value is -3.64. The highest BCUT2D eigenvalue weighted by Crippen LogP contribution is 2.51. The zero-order valence-electron chi connectivity index (χ0n) is 15.9. The topological polar surface area (TPSA) is 0 Å². The van der Waals surface area contributed by atoms with E-state index in [9.17, 15) is 0 Å². The molecule has 0 saturated carbocycles. The van der Waals surface area contributed by atoms with Crippen molar-refractivity contribution in [2.45, 2.75) is 6.42 Å². The van der Waals surface area contributed by atoms with Crippen LogP contribution in [0.5, 0.6) is 0 Å². The van der Waals surface area contributed by atoms with E-state index in [2.05, 4.69) is 97.1 Å². The van der Waals surface area contributed by atoms with Gasteiger partial charge in [-0.15, -0.1) is 0 Å². The minimum atomic E-state index is 0.992. The Bertz CT molecular complexity index is 1560. The van der Waals surface area contributed by atoms with Crippen molar-refractivity contribution in [3.8, 4) is 22.3 Å². The summed E-state index contributed by atoms with van der Waals surface area (Å²) >= 11 is 0. The number of allylic oxidation sites excluding steroid dienone is 3. The first-order chi connectivity index (χ1) is 14.4. The van der Waals surface area contributed by atoms with Crippen molar-refractivity contribution < 1.29 is 0 Å². The van der Waals surface area contributed by atoms with Gasteiger partial charge in [0.05, 0.1) is 0 Å². The largest absolute Gasteiger partial charge is 0.0801 e. The lowest BCUT2D eigenvalue weighted by Crippen LogP contribution is -1.89. The van der Waals surface area contributed by atoms with Gasteiger partial charge >= 0.3 is 0 Å². The summed E-state index contributed by atoms with van der Waals surface area (Å²) in [4.78, 5) is 0. The fraction of sp³-hybridized carbons (Fsp3) is 0.0345. The fourth-order valence-corrected chi connectivity index (χ4v) is 5.28. The van der Waals surface area contributed by atoms with Gasteiger partial charge in [0.15, 0.2) is 0 Å². The van der Waals surface area contributed by atoms with Gasteiger partial charge in [0.2, 0.25) is 0 Å². The minimum absolute atomic E-state index is 0.992. The molecule has 0 N–H and O–H groups in total. The van der Waals surface area contributed by atoms with Gasteiger partial charge in [-0.3, -0.25) is 0 Å². The molecule has 134 valence electrons. The Morgan fingerprint density at radius 3 is 2.45 bits per heavy atom. The minimum Gasteiger partial charge on any atom is -0.0801 e. The van der Waals surface area contributed by atoms with E-state index in [0.29, 0.717) is 0 Å². The average molecular weight is 366 g/mol. The van der Waals surface area contributed by atoms with Crippen molar-refractivity contribution in [1.82, 2.24) is 0 Å². The first kappa shape index (κ1) is 15.3. The van der Waals surface area contributed by atoms with Crippen LogP contribution >= 0.6 is 0 Å². The highest BCUT2D eigenvalue weighted by Gasteiger charge is 2.24. The monoisotopic (exact) mass is 366 g/mol. The molecule has 0 spiro atoms. The second-order valence-electron chi connectivity index (χ2n) is 8.12. The molecule has 0 fully saturated rings. The van der Waals surface area contributed by atoms with Crippen LogP contribution < -0.4 is 0 Å². The lowest BCUT2D eigenvalue weighted by molar-refractivity contribution is 1.27. The van der Waals surface area contributed by atoms with Crippen LogP contribution in [0.4, 0.5) is 0 Å². The van der Waals surface area contributed by atoms with Gasteiger partial charge in [-0.05, 0) is 90.3 Å². The maximum absolute atomic E-state index is 2.43. The second-order valence-corrected chi connectivity index (χ2v) is 8.12. The van der Waals surface area contributed by atoms with Crippen molar-refractivity contribution >= 4 is 38.4 Å². The predicted molar refractivity (Wildman–Crippen MR) is 125 cm³/mol. The molecule has 29 heavy (non-hydrogen) atoms. The lowest BCUT2D eigenvalue weighted by atomic mass is 9.93. The molecule has 0 nitrogen and oxygen atoms in total. The summed E-state index contributed by atoms with van der Waals surface area (Å²) in [6, 6.07) is 27.3. The number of hydrogen-bond acceptors (Lipinski definition) is 0. The number of benzene rings is 5. The third kappa shape index (κ3) is 1.98. The molecular formula is C29H18. The highest BCUT2D eigenvalue weighted by molar-refractivity contribution is 6.27. The second kappa shape index (κ2) is 5.46. The van der Waals surface area contributed by atoms with E-state index in [-0.39, 0.29) is 0 Å². The summed E-state index contributed by atoms with van der Waals surface area (Å²) < 4.78 is 0. The van der Waals surface area contributed by atoms with Crippen molar-refractivity contribution in [2.75, 3.05) is 0 Å². The third-order valence-corrected chi connectivity index (χ3v) is 6.60. The van der Waals surface area contributed by atoms with E-state index in [1.807, 2.05) is 0 Å². The summed E-state index contributed by atoms with van der Waals surface area (Å²) in [6.45, 7) is 0. The molecule has 0 saturated heterocycles. The first-order valence-electron chi connectivity index (χ1n) is 10.3. The molecule has 0 unspecified atom stereocenters. The Balaban J connectivity index is 1.66. The van der Waals surface area contributed by atoms with Crippen LogP contribution in [0.15, 0.2) is 91.0 Å². The summed E-state index contributed by atoms with van der Waals surface area (Å²) in [5, 5.41) is 8.11. The van der Waals surface area contributed by atoms with Crippen molar-refractivity contribution in [2.24, 2.45) is 0 Å². The molecule has 5 aromatic carbocycles. The number of fused-ring (bicyclic) bond motifs is 8. The maximum atomic E-state index is 2.43. The number of rotatable bonds is 0. The zero-order valence-corrected chi connectivity index (χ0v) is 15.9. The van der Waals surface area contributed by atoms with E-state index < -0.39 is 0 Å². The number of hydrogen-bond donors (Lipinski definition) is 0. The van der Waals surface area contributed by atoms with Crippen LogP contribution in [0.25, 0.3) is 60.6 Å². The van der Waals surface area contributed by atoms with E-state index in [1.165, 1.54) is 65.7 Å². The molecule has 5 aromatic rings. The quantitative estimate of drug-likeness (QED) is 0.239. The van der Waals surface area contributed by atoms with E-state index in [4.69, 9.17) is 0 Å². The van der Waals surface area contributed by atoms with Crippen LogP contribution in [0.1, 0.15) is 11.1 Å². The van der Waals surface area contributed by atoms with Crippen LogP contribution in [-0.2, 0) is 6.42 Å². The molecular weight excluding hydrogens is 348 g/mol. The van der Waals surface area contributed by atoms with E-state index >= 15 is 0 Å². The fourth-order valence-electron chi connectivity index (χ4n) is 5.28. The van der Waals surface area contributed by atoms with Crippen LogP contribution in [0.3, 0.4) is 0 Å². The van der Waals surface area contributed by atoms with Crippen molar-refractivity contribution in [1.29, 1.82) is 0 Å². The van der Waals surface area contributed by atoms with E-state index in [0.717, 1.165) is 6.42 Å². The molecule has 0 heteroatoms. The predicted octanol–water partition coefficient (Wildman–Crippen LogP) is 7.92. The standard InChI is InChI=1S/C29H18/c1-2-8-19-15-25-24-12-6-11-23-22-14-13-18-7-4-5-10-21(18)27(22)17-28(29(23)24)26(25)16-20(19)9-3-1/h1-8,10-17H,9H2. The van der Waals surface area contributed by atoms with Crippen LogP contribution in [-0.4, -0.2) is 0 Å². The van der Waals surface area contributed by atoms with Crippen molar-refractivity contribution in [3.63, 3.8) is 0 Å². The van der Waals surface area contributed by atoms with Crippen LogP contribution in [0.2, 0.25) is 0 Å². The zero-order chi connectivity index (χ0) is 18.9. The smallest absolute Gasteiger partial charge is 0.00199 e. The summed E-state index contributed by atoms with van der Waals surface area (Å²) in [5.41, 5.74) is 8.26. The highest BCUT2D eigenvalue weighted by atomic mass is 14.3. The van der Waals surface area contributed by atoms with Gasteiger partial charge in [0.1, 0.15) is 0 Å². The summed E-state index contributed by atoms with van der Waals surface area (Å²) in [7, 11) is 0. The average Bonchev–Trinajstić information content (AvgIpc) is 2.92. The molecule has 0 atom stereocenters. The van der Waals surface area contributed by atoms with Gasteiger partial charge in [-0.25, -0.2) is 0 Å². The molecule has 0 heterocycles. The summed E-state index contributed by atoms with van der Waals surface area (Å²) in [6.07, 6.45) is 9.79. The molecule has 0 amide bonds. The normalized spacial score (nSPS) is 13.8. The third-order valence-electron chi connectivity index (χ3n) is 6.60. The van der Waals surface area contributed by atoms with Gasteiger partial charge in [-0.2, -0.15) is 0 Å². The molecule has 0 aromatic heterocycles. The maximum Gasteiger partial charge on any atom is -0.00199 e. The van der Waals surface area contributed by atoms with Gasteiger partial charge < -0.3 is 0 Å². The molecule has 0 aliphatic heterocycles. The van der Waals surface area contributed by atoms with E-state index in [1.54, 1.807) is 0 Å². The Morgan fingerprint density at radius 1 is 0.552 bits per heavy atom. The molecule has 0 bridgehead atoms. The van der Waals surface area contributed by atoms with Crippen LogP contribution in [0, 0.1) is 0 Å². The molecule has 2 aliphatic carbocycles. The first-order valence-corrected chi connectivity index (χ1v) is 10.3. The summed E-state index contributed by atoms with van der Waals surface area (Å²) in [5.74, 6) is 0. The van der Waals surface area contributed by atoms with Gasteiger partial charge in [0.25, 0.3) is 0 Å². The Morgan fingerprint density at radius 2 is 1.45 bits per heavy atom.